The number of carbonyl (C=O) groups is 1. The summed E-state index contributed by atoms with van der Waals surface area (Å²) in [6.45, 7) is 8.85. The Morgan fingerprint density at radius 2 is 2.00 bits per heavy atom. The molecular weight excluding hydrogens is 302 g/mol. The number of hydrogen-bond donors (Lipinski definition) is 1. The summed E-state index contributed by atoms with van der Waals surface area (Å²) in [7, 11) is 0. The van der Waals surface area contributed by atoms with Gasteiger partial charge in [0.05, 0.1) is 12.2 Å². The number of halogens is 1. The number of nitrogens with zero attached hydrogens (tertiary/aromatic N) is 3. The predicted octanol–water partition coefficient (Wildman–Crippen LogP) is 1.88. The summed E-state index contributed by atoms with van der Waals surface area (Å²) in [5.41, 5.74) is 2.19. The minimum atomic E-state index is -0.0494. The van der Waals surface area contributed by atoms with E-state index in [4.69, 9.17) is 11.6 Å². The van der Waals surface area contributed by atoms with E-state index in [-0.39, 0.29) is 23.7 Å². The van der Waals surface area contributed by atoms with Crippen molar-refractivity contribution < 1.29 is 9.90 Å². The lowest BCUT2D eigenvalue weighted by Gasteiger charge is -2.38. The maximum Gasteiger partial charge on any atom is 0.257 e. The first-order chi connectivity index (χ1) is 10.5. The number of aromatic nitrogens is 1. The summed E-state index contributed by atoms with van der Waals surface area (Å²) in [6.07, 6.45) is 0.914. The highest BCUT2D eigenvalue weighted by atomic mass is 35.5. The second kappa shape index (κ2) is 7.40. The molecule has 0 bridgehead atoms. The molecule has 0 saturated carbocycles. The van der Waals surface area contributed by atoms with Crippen LogP contribution in [0.2, 0.25) is 5.15 Å². The van der Waals surface area contributed by atoms with Crippen molar-refractivity contribution in [3.8, 4) is 0 Å². The van der Waals surface area contributed by atoms with Crippen molar-refractivity contribution in [2.45, 2.75) is 33.2 Å². The first-order valence-electron chi connectivity index (χ1n) is 7.75. The Labute approximate surface area is 136 Å². The highest BCUT2D eigenvalue weighted by molar-refractivity contribution is 6.32. The lowest BCUT2D eigenvalue weighted by molar-refractivity contribution is 0.0471. The van der Waals surface area contributed by atoms with Crippen molar-refractivity contribution in [2.24, 2.45) is 0 Å². The topological polar surface area (TPSA) is 56.7 Å². The highest BCUT2D eigenvalue weighted by Gasteiger charge is 2.27. The molecule has 0 spiro atoms. The van der Waals surface area contributed by atoms with Crippen molar-refractivity contribution in [3.63, 3.8) is 0 Å². The number of aryl methyl sites for hydroxylation is 2. The van der Waals surface area contributed by atoms with E-state index < -0.39 is 0 Å². The smallest absolute Gasteiger partial charge is 0.257 e. The maximum absolute atomic E-state index is 12.7. The van der Waals surface area contributed by atoms with Crippen LogP contribution >= 0.6 is 11.6 Å². The lowest BCUT2D eigenvalue weighted by Crippen LogP contribution is -2.52. The van der Waals surface area contributed by atoms with Gasteiger partial charge in [-0.1, -0.05) is 18.5 Å². The Kier molecular flexibility index (Phi) is 5.78. The molecule has 1 aliphatic rings. The average molecular weight is 326 g/mol. The molecule has 1 unspecified atom stereocenters. The standard InChI is InChI=1S/C16H24ClN3O2/c1-4-13(10-21)19-5-7-20(8-6-19)16(22)14-11(2)9-12(3)18-15(14)17/h9,13,21H,4-8,10H2,1-3H3. The zero-order valence-corrected chi connectivity index (χ0v) is 14.2. The molecule has 2 heterocycles. The van der Waals surface area contributed by atoms with Crippen molar-refractivity contribution in [1.82, 2.24) is 14.8 Å². The minimum Gasteiger partial charge on any atom is -0.395 e. The van der Waals surface area contributed by atoms with Crippen LogP contribution in [0.25, 0.3) is 0 Å². The predicted molar refractivity (Wildman–Crippen MR) is 87.4 cm³/mol. The highest BCUT2D eigenvalue weighted by Crippen LogP contribution is 2.21. The molecule has 6 heteroatoms. The zero-order valence-electron chi connectivity index (χ0n) is 13.5. The van der Waals surface area contributed by atoms with E-state index in [0.717, 1.165) is 30.8 Å². The maximum atomic E-state index is 12.7. The van der Waals surface area contributed by atoms with Gasteiger partial charge in [-0.05, 0) is 31.9 Å². The number of hydrogen-bond acceptors (Lipinski definition) is 4. The zero-order chi connectivity index (χ0) is 16.3. The number of rotatable bonds is 4. The van der Waals surface area contributed by atoms with Crippen molar-refractivity contribution in [1.29, 1.82) is 0 Å². The second-order valence-corrected chi connectivity index (χ2v) is 6.18. The fraction of sp³-hybridized carbons (Fsp3) is 0.625. The Morgan fingerprint density at radius 3 is 2.50 bits per heavy atom. The van der Waals surface area contributed by atoms with E-state index in [9.17, 15) is 9.90 Å². The molecule has 5 nitrogen and oxygen atoms in total. The van der Waals surface area contributed by atoms with E-state index in [1.807, 2.05) is 24.8 Å². The quantitative estimate of drug-likeness (QED) is 0.859. The summed E-state index contributed by atoms with van der Waals surface area (Å²) in [6, 6.07) is 2.07. The third kappa shape index (κ3) is 3.59. The van der Waals surface area contributed by atoms with Crippen LogP contribution in [0, 0.1) is 13.8 Å². The van der Waals surface area contributed by atoms with Gasteiger partial charge in [-0.3, -0.25) is 9.69 Å². The molecule has 1 aliphatic heterocycles. The molecule has 1 saturated heterocycles. The largest absolute Gasteiger partial charge is 0.395 e. The van der Waals surface area contributed by atoms with Crippen LogP contribution in [0.1, 0.15) is 35.0 Å². The van der Waals surface area contributed by atoms with Gasteiger partial charge in [0.15, 0.2) is 0 Å². The number of amides is 1. The number of pyridine rings is 1. The molecule has 1 aromatic heterocycles. The Balaban J connectivity index is 2.07. The Hall–Kier alpha value is -1.17. The van der Waals surface area contributed by atoms with Gasteiger partial charge in [0, 0.05) is 37.9 Å². The van der Waals surface area contributed by atoms with Gasteiger partial charge in [-0.25, -0.2) is 4.98 Å². The van der Waals surface area contributed by atoms with Crippen molar-refractivity contribution in [3.05, 3.63) is 28.0 Å². The van der Waals surface area contributed by atoms with E-state index in [0.29, 0.717) is 18.7 Å². The van der Waals surface area contributed by atoms with Gasteiger partial charge >= 0.3 is 0 Å². The molecule has 1 fully saturated rings. The molecule has 122 valence electrons. The summed E-state index contributed by atoms with van der Waals surface area (Å²) < 4.78 is 0. The number of piperazine rings is 1. The van der Waals surface area contributed by atoms with Crippen molar-refractivity contribution in [2.75, 3.05) is 32.8 Å². The Morgan fingerprint density at radius 1 is 1.36 bits per heavy atom. The molecule has 0 aliphatic carbocycles. The molecule has 1 atom stereocenters. The summed E-state index contributed by atoms with van der Waals surface area (Å²) in [5.74, 6) is -0.0494. The van der Waals surface area contributed by atoms with E-state index >= 15 is 0 Å². The number of carbonyl (C=O) groups excluding carboxylic acids is 1. The molecule has 0 radical (unpaired) electrons. The van der Waals surface area contributed by atoms with E-state index in [1.165, 1.54) is 0 Å². The molecule has 1 N–H and O–H groups in total. The van der Waals surface area contributed by atoms with Gasteiger partial charge in [0.1, 0.15) is 5.15 Å². The molecule has 1 aromatic rings. The summed E-state index contributed by atoms with van der Waals surface area (Å²) in [4.78, 5) is 21.0. The van der Waals surface area contributed by atoms with Crippen LogP contribution in [0.3, 0.4) is 0 Å². The molecule has 22 heavy (non-hydrogen) atoms. The number of aliphatic hydroxyl groups excluding tert-OH is 1. The monoisotopic (exact) mass is 325 g/mol. The fourth-order valence-electron chi connectivity index (χ4n) is 3.00. The summed E-state index contributed by atoms with van der Waals surface area (Å²) in [5, 5.41) is 9.67. The molecule has 1 amide bonds. The Bertz CT molecular complexity index is 515. The fourth-order valence-corrected chi connectivity index (χ4v) is 3.36. The normalized spacial score (nSPS) is 17.6. The first-order valence-corrected chi connectivity index (χ1v) is 8.13. The second-order valence-electron chi connectivity index (χ2n) is 5.82. The van der Waals surface area contributed by atoms with Crippen LogP contribution in [0.4, 0.5) is 0 Å². The van der Waals surface area contributed by atoms with E-state index in [2.05, 4.69) is 16.8 Å². The van der Waals surface area contributed by atoms with Crippen molar-refractivity contribution >= 4 is 17.5 Å². The van der Waals surface area contributed by atoms with Gasteiger partial charge in [0.25, 0.3) is 5.91 Å². The molecular formula is C16H24ClN3O2. The van der Waals surface area contributed by atoms with Crippen LogP contribution in [-0.4, -0.2) is 64.6 Å². The van der Waals surface area contributed by atoms with Gasteiger partial charge in [0.2, 0.25) is 0 Å². The third-order valence-corrected chi connectivity index (χ3v) is 4.59. The first kappa shape index (κ1) is 17.2. The third-order valence-electron chi connectivity index (χ3n) is 4.31. The van der Waals surface area contributed by atoms with E-state index in [1.54, 1.807) is 0 Å². The SMILES string of the molecule is CCC(CO)N1CCN(C(=O)c2c(C)cc(C)nc2Cl)CC1. The van der Waals surface area contributed by atoms with Crippen LogP contribution in [-0.2, 0) is 0 Å². The molecule has 0 aromatic carbocycles. The van der Waals surface area contributed by atoms with Gasteiger partial charge in [-0.2, -0.15) is 0 Å². The van der Waals surface area contributed by atoms with Gasteiger partial charge < -0.3 is 10.0 Å². The van der Waals surface area contributed by atoms with Crippen LogP contribution < -0.4 is 0 Å². The summed E-state index contributed by atoms with van der Waals surface area (Å²) >= 11 is 6.17. The number of aliphatic hydroxyl groups is 1. The van der Waals surface area contributed by atoms with Crippen LogP contribution in [0.15, 0.2) is 6.07 Å². The lowest BCUT2D eigenvalue weighted by atomic mass is 10.1. The average Bonchev–Trinajstić information content (AvgIpc) is 2.48. The van der Waals surface area contributed by atoms with Crippen LogP contribution in [0.5, 0.6) is 0 Å². The molecule has 2 rings (SSSR count). The minimum absolute atomic E-state index is 0.0494. The van der Waals surface area contributed by atoms with Gasteiger partial charge in [-0.15, -0.1) is 0 Å².